The van der Waals surface area contributed by atoms with Gasteiger partial charge in [0.25, 0.3) is 5.91 Å². The van der Waals surface area contributed by atoms with Gasteiger partial charge in [0.2, 0.25) is 5.17 Å². The summed E-state index contributed by atoms with van der Waals surface area (Å²) in [4.78, 5) is 30.4. The van der Waals surface area contributed by atoms with E-state index in [4.69, 9.17) is 21.4 Å². The Morgan fingerprint density at radius 3 is 2.96 bits per heavy atom. The van der Waals surface area contributed by atoms with Crippen LogP contribution in [0.1, 0.15) is 5.56 Å². The van der Waals surface area contributed by atoms with E-state index in [1.165, 1.54) is 35.1 Å². The van der Waals surface area contributed by atoms with Gasteiger partial charge in [0.1, 0.15) is 17.7 Å². The summed E-state index contributed by atoms with van der Waals surface area (Å²) >= 11 is 8.33. The molecule has 2 aliphatic rings. The lowest BCUT2D eigenvalue weighted by molar-refractivity contribution is -0.114. The maximum atomic E-state index is 12.7. The van der Waals surface area contributed by atoms with Crippen molar-refractivity contribution in [1.29, 1.82) is 5.41 Å². The first-order valence-corrected chi connectivity index (χ1v) is 9.61. The molecule has 0 saturated heterocycles. The second-order valence-electron chi connectivity index (χ2n) is 5.27. The number of hydrogen-bond donors (Lipinski definition) is 1. The maximum Gasteiger partial charge on any atom is 0.283 e. The molecule has 0 atom stereocenters. The molecule has 1 amide bonds. The second kappa shape index (κ2) is 6.42. The highest BCUT2D eigenvalue weighted by atomic mass is 35.5. The molecule has 3 heterocycles. The van der Waals surface area contributed by atoms with Crippen LogP contribution in [0.25, 0.3) is 17.0 Å². The third kappa shape index (κ3) is 2.68. The number of nitrogens with one attached hydrogen (secondary N) is 1. The van der Waals surface area contributed by atoms with Crippen molar-refractivity contribution < 1.29 is 9.21 Å². The molecule has 0 unspecified atom stereocenters. The first-order chi connectivity index (χ1) is 12.5. The van der Waals surface area contributed by atoms with Gasteiger partial charge >= 0.3 is 0 Å². The molecule has 1 aromatic carbocycles. The Hall–Kier alpha value is -2.36. The van der Waals surface area contributed by atoms with E-state index in [0.717, 1.165) is 11.9 Å². The lowest BCUT2D eigenvalue weighted by Crippen LogP contribution is -2.41. The van der Waals surface area contributed by atoms with Crippen molar-refractivity contribution in [3.63, 3.8) is 0 Å². The predicted molar refractivity (Wildman–Crippen MR) is 106 cm³/mol. The van der Waals surface area contributed by atoms with Gasteiger partial charge in [0, 0.05) is 5.02 Å². The summed E-state index contributed by atoms with van der Waals surface area (Å²) in [6.45, 7) is 0. The average molecular weight is 405 g/mol. The Kier molecular flexibility index (Phi) is 4.22. The van der Waals surface area contributed by atoms with Crippen molar-refractivity contribution in [3.05, 3.63) is 50.8 Å². The Balaban J connectivity index is 1.84. The van der Waals surface area contributed by atoms with Crippen LogP contribution in [0.3, 0.4) is 0 Å². The zero-order chi connectivity index (χ0) is 18.4. The Morgan fingerprint density at radius 1 is 1.38 bits per heavy atom. The van der Waals surface area contributed by atoms with Crippen molar-refractivity contribution in [3.8, 4) is 0 Å². The van der Waals surface area contributed by atoms with E-state index in [1.807, 2.05) is 6.26 Å². The van der Waals surface area contributed by atoms with Crippen molar-refractivity contribution in [2.24, 2.45) is 9.39 Å². The Bertz CT molecular complexity index is 1140. The van der Waals surface area contributed by atoms with Crippen molar-refractivity contribution in [1.82, 2.24) is 4.90 Å². The quantitative estimate of drug-likeness (QED) is 0.577. The molecule has 1 aromatic heterocycles. The molecule has 7 nitrogen and oxygen atoms in total. The zero-order valence-corrected chi connectivity index (χ0v) is 15.5. The van der Waals surface area contributed by atoms with E-state index in [-0.39, 0.29) is 22.4 Å². The molecule has 26 heavy (non-hydrogen) atoms. The monoisotopic (exact) mass is 404 g/mol. The van der Waals surface area contributed by atoms with E-state index < -0.39 is 5.91 Å². The van der Waals surface area contributed by atoms with Gasteiger partial charge in [-0.05, 0) is 30.5 Å². The molecular formula is C16H9ClN4O3S2. The van der Waals surface area contributed by atoms with Crippen molar-refractivity contribution in [2.75, 3.05) is 6.26 Å². The summed E-state index contributed by atoms with van der Waals surface area (Å²) in [6, 6.07) is 4.73. The van der Waals surface area contributed by atoms with Gasteiger partial charge < -0.3 is 4.42 Å². The van der Waals surface area contributed by atoms with Gasteiger partial charge in [-0.2, -0.15) is 9.39 Å². The van der Waals surface area contributed by atoms with Crippen LogP contribution in [0.4, 0.5) is 0 Å². The van der Waals surface area contributed by atoms with Crippen LogP contribution in [0, 0.1) is 5.41 Å². The van der Waals surface area contributed by atoms with E-state index in [2.05, 4.69) is 9.39 Å². The van der Waals surface area contributed by atoms with Gasteiger partial charge in [0.15, 0.2) is 10.6 Å². The van der Waals surface area contributed by atoms with Crippen molar-refractivity contribution >= 4 is 74.4 Å². The number of nitrogens with zero attached hydrogens (tertiary/aromatic N) is 3. The van der Waals surface area contributed by atoms with E-state index in [0.29, 0.717) is 26.3 Å². The highest BCUT2D eigenvalue weighted by molar-refractivity contribution is 8.18. The molecule has 0 spiro atoms. The van der Waals surface area contributed by atoms with E-state index in [1.54, 1.807) is 12.1 Å². The first kappa shape index (κ1) is 17.1. The number of amides is 1. The number of hydrogen-bond acceptors (Lipinski definition) is 7. The highest BCUT2D eigenvalue weighted by Crippen LogP contribution is 2.31. The molecule has 10 heteroatoms. The van der Waals surface area contributed by atoms with Crippen molar-refractivity contribution in [2.45, 2.75) is 0 Å². The summed E-state index contributed by atoms with van der Waals surface area (Å²) in [7, 11) is 0. The molecule has 4 rings (SSSR count). The molecule has 130 valence electrons. The topological polar surface area (TPSA) is 99.1 Å². The van der Waals surface area contributed by atoms with E-state index >= 15 is 0 Å². The predicted octanol–water partition coefficient (Wildman–Crippen LogP) is 3.39. The lowest BCUT2D eigenvalue weighted by atomic mass is 10.1. The summed E-state index contributed by atoms with van der Waals surface area (Å²) in [5.74, 6) is -0.680. The molecular weight excluding hydrogens is 396 g/mol. The number of carbonyl (C=O) groups is 1. The Morgan fingerprint density at radius 2 is 2.19 bits per heavy atom. The lowest BCUT2D eigenvalue weighted by Gasteiger charge is -2.23. The van der Waals surface area contributed by atoms with Gasteiger partial charge in [0.05, 0.1) is 28.5 Å². The summed E-state index contributed by atoms with van der Waals surface area (Å²) in [5.41, 5.74) is 0.179. The number of carbonyl (C=O) groups excluding carboxylic acids is 1. The third-order valence-electron chi connectivity index (χ3n) is 3.74. The number of fused-ring (bicyclic) bond motifs is 2. The number of aliphatic imine (C=N–C) groups is 1. The number of halogens is 1. The molecule has 0 aliphatic carbocycles. The molecule has 2 aliphatic heterocycles. The molecule has 0 bridgehead atoms. The van der Waals surface area contributed by atoms with Crippen LogP contribution in [0.2, 0.25) is 5.02 Å². The zero-order valence-electron chi connectivity index (χ0n) is 13.1. The smallest absolute Gasteiger partial charge is 0.283 e. The molecule has 0 radical (unpaired) electrons. The van der Waals surface area contributed by atoms with Crippen LogP contribution in [-0.4, -0.2) is 33.2 Å². The van der Waals surface area contributed by atoms with Crippen LogP contribution >= 0.6 is 35.3 Å². The van der Waals surface area contributed by atoms with Crippen LogP contribution in [0.15, 0.2) is 48.6 Å². The number of benzene rings is 1. The number of rotatable bonds is 1. The fourth-order valence-electron chi connectivity index (χ4n) is 2.51. The fourth-order valence-corrected chi connectivity index (χ4v) is 4.13. The van der Waals surface area contributed by atoms with Gasteiger partial charge in [-0.1, -0.05) is 23.4 Å². The highest BCUT2D eigenvalue weighted by Gasteiger charge is 2.37. The van der Waals surface area contributed by atoms with Gasteiger partial charge in [-0.15, -0.1) is 0 Å². The molecule has 0 fully saturated rings. The van der Waals surface area contributed by atoms with Crippen LogP contribution < -0.4 is 5.43 Å². The third-order valence-corrected chi connectivity index (χ3v) is 5.43. The van der Waals surface area contributed by atoms with Crippen LogP contribution in [-0.2, 0) is 4.79 Å². The normalized spacial score (nSPS) is 18.4. The fraction of sp³-hybridized carbons (Fsp3) is 0.0625. The van der Waals surface area contributed by atoms with Gasteiger partial charge in [-0.25, -0.2) is 4.90 Å². The summed E-state index contributed by atoms with van der Waals surface area (Å²) < 4.78 is 9.62. The summed E-state index contributed by atoms with van der Waals surface area (Å²) in [6.07, 6.45) is 4.39. The van der Waals surface area contributed by atoms with E-state index in [9.17, 15) is 9.59 Å². The molecule has 0 saturated carbocycles. The SMILES string of the molecule is CSC1=NSC2=NC(=O)C(=Cc3coc4ccc(Cl)cc4c3=O)C(=N)N12. The largest absolute Gasteiger partial charge is 0.463 e. The minimum atomic E-state index is -0.600. The number of thioether (sulfide) groups is 1. The first-order valence-electron chi connectivity index (χ1n) is 7.23. The number of amidine groups is 3. The summed E-state index contributed by atoms with van der Waals surface area (Å²) in [5, 5.41) is 9.93. The van der Waals surface area contributed by atoms with Gasteiger partial charge in [-0.3, -0.25) is 15.0 Å². The standard InChI is InChI=1S/C16H9ClN4O3S2/c1-25-16-20-26-15-19-14(23)10(13(18)21(15)16)4-7-6-24-11-3-2-8(17)5-9(11)12(7)22/h2-6,18H,1H3. The molecule has 1 N–H and O–H groups in total. The minimum Gasteiger partial charge on any atom is -0.463 e. The second-order valence-corrected chi connectivity index (χ2v) is 7.21. The molecule has 2 aromatic rings. The minimum absolute atomic E-state index is 0.00771. The van der Waals surface area contributed by atoms with Crippen LogP contribution in [0.5, 0.6) is 0 Å². The maximum absolute atomic E-state index is 12.7. The Labute approximate surface area is 160 Å². The average Bonchev–Trinajstić information content (AvgIpc) is 3.03.